The van der Waals surface area contributed by atoms with Gasteiger partial charge in [-0.1, -0.05) is 0 Å². The number of fused-ring (bicyclic) bond motifs is 2. The minimum atomic E-state index is -0.497. The van der Waals surface area contributed by atoms with Crippen molar-refractivity contribution in [2.24, 2.45) is 0 Å². The molecule has 0 aliphatic carbocycles. The summed E-state index contributed by atoms with van der Waals surface area (Å²) >= 11 is 0. The Kier molecular flexibility index (Phi) is 2.97. The van der Waals surface area contributed by atoms with Crippen LogP contribution < -0.4 is 5.32 Å². The van der Waals surface area contributed by atoms with Crippen LogP contribution in [0, 0.1) is 0 Å². The predicted molar refractivity (Wildman–Crippen MR) is 62.0 cm³/mol. The van der Waals surface area contributed by atoms with Gasteiger partial charge < -0.3 is 15.3 Å². The van der Waals surface area contributed by atoms with E-state index in [1.165, 1.54) is 0 Å². The molecule has 0 aromatic rings. The molecular formula is C12H22N2O2. The molecule has 2 rings (SSSR count). The van der Waals surface area contributed by atoms with Crippen molar-refractivity contribution in [3.8, 4) is 0 Å². The number of rotatable bonds is 2. The second-order valence-corrected chi connectivity index (χ2v) is 5.60. The van der Waals surface area contributed by atoms with Gasteiger partial charge in [0.1, 0.15) is 0 Å². The molecule has 2 atom stereocenters. The van der Waals surface area contributed by atoms with Crippen LogP contribution >= 0.6 is 0 Å². The number of piperidine rings is 1. The van der Waals surface area contributed by atoms with E-state index in [9.17, 15) is 9.90 Å². The van der Waals surface area contributed by atoms with Gasteiger partial charge in [-0.25, -0.2) is 0 Å². The molecule has 0 aromatic heterocycles. The molecule has 0 aromatic carbocycles. The van der Waals surface area contributed by atoms with Gasteiger partial charge in [0.15, 0.2) is 0 Å². The lowest BCUT2D eigenvalue weighted by Gasteiger charge is -2.41. The lowest BCUT2D eigenvalue weighted by atomic mass is 9.95. The minimum Gasteiger partial charge on any atom is -0.393 e. The normalized spacial score (nSPS) is 34.2. The van der Waals surface area contributed by atoms with Gasteiger partial charge >= 0.3 is 0 Å². The van der Waals surface area contributed by atoms with E-state index in [0.717, 1.165) is 25.7 Å². The maximum absolute atomic E-state index is 12.4. The summed E-state index contributed by atoms with van der Waals surface area (Å²) in [6, 6.07) is 0.516. The first-order valence-electron chi connectivity index (χ1n) is 6.15. The monoisotopic (exact) mass is 226 g/mol. The Balaban J connectivity index is 2.14. The SMILES string of the molecule is CNC(C)(C)C(=O)N1C2CCC1CC(O)C2. The number of nitrogens with one attached hydrogen (secondary N) is 1. The van der Waals surface area contributed by atoms with Gasteiger partial charge in [0.25, 0.3) is 0 Å². The predicted octanol–water partition coefficient (Wildman–Crippen LogP) is 0.499. The van der Waals surface area contributed by atoms with Gasteiger partial charge in [-0.05, 0) is 46.6 Å². The molecule has 2 bridgehead atoms. The van der Waals surface area contributed by atoms with E-state index in [0.29, 0.717) is 0 Å². The molecule has 2 heterocycles. The lowest BCUT2D eigenvalue weighted by Crippen LogP contribution is -2.58. The van der Waals surface area contributed by atoms with Crippen LogP contribution in [-0.2, 0) is 4.79 Å². The Morgan fingerprint density at radius 1 is 1.31 bits per heavy atom. The van der Waals surface area contributed by atoms with Crippen LogP contribution in [0.1, 0.15) is 39.5 Å². The van der Waals surface area contributed by atoms with E-state index < -0.39 is 5.54 Å². The Morgan fingerprint density at radius 3 is 2.25 bits per heavy atom. The zero-order valence-electron chi connectivity index (χ0n) is 10.4. The molecule has 2 N–H and O–H groups in total. The van der Waals surface area contributed by atoms with E-state index in [1.807, 2.05) is 25.8 Å². The molecule has 4 nitrogen and oxygen atoms in total. The van der Waals surface area contributed by atoms with Crippen molar-refractivity contribution in [2.75, 3.05) is 7.05 Å². The molecule has 2 unspecified atom stereocenters. The Bertz CT molecular complexity index is 277. The summed E-state index contributed by atoms with van der Waals surface area (Å²) in [6.07, 6.45) is 3.39. The highest BCUT2D eigenvalue weighted by Gasteiger charge is 2.46. The van der Waals surface area contributed by atoms with Crippen LogP contribution in [0.5, 0.6) is 0 Å². The molecule has 2 aliphatic heterocycles. The van der Waals surface area contributed by atoms with Crippen LogP contribution in [0.2, 0.25) is 0 Å². The quantitative estimate of drug-likeness (QED) is 0.721. The number of nitrogens with zero attached hydrogens (tertiary/aromatic N) is 1. The van der Waals surface area contributed by atoms with Gasteiger partial charge in [-0.2, -0.15) is 0 Å². The number of carbonyl (C=O) groups excluding carboxylic acids is 1. The third kappa shape index (κ3) is 1.84. The van der Waals surface area contributed by atoms with Crippen molar-refractivity contribution in [1.29, 1.82) is 0 Å². The molecule has 92 valence electrons. The number of aliphatic hydroxyl groups is 1. The second kappa shape index (κ2) is 4.00. The molecule has 16 heavy (non-hydrogen) atoms. The first kappa shape index (κ1) is 11.9. The second-order valence-electron chi connectivity index (χ2n) is 5.60. The zero-order valence-corrected chi connectivity index (χ0v) is 10.4. The van der Waals surface area contributed by atoms with Crippen molar-refractivity contribution in [3.05, 3.63) is 0 Å². The highest BCUT2D eigenvalue weighted by molar-refractivity contribution is 5.86. The topological polar surface area (TPSA) is 52.6 Å². The Labute approximate surface area is 97.0 Å². The highest BCUT2D eigenvalue weighted by atomic mass is 16.3. The number of hydrogen-bond acceptors (Lipinski definition) is 3. The molecule has 2 saturated heterocycles. The lowest BCUT2D eigenvalue weighted by molar-refractivity contribution is -0.143. The van der Waals surface area contributed by atoms with E-state index >= 15 is 0 Å². The standard InChI is InChI=1S/C12H22N2O2/c1-12(2,13-3)11(16)14-8-4-5-9(14)7-10(15)6-8/h8-10,13,15H,4-7H2,1-3H3. The first-order chi connectivity index (χ1) is 7.45. The molecule has 0 radical (unpaired) electrons. The summed E-state index contributed by atoms with van der Waals surface area (Å²) < 4.78 is 0. The van der Waals surface area contributed by atoms with Crippen LogP contribution in [0.4, 0.5) is 0 Å². The van der Waals surface area contributed by atoms with Gasteiger partial charge in [0.05, 0.1) is 11.6 Å². The van der Waals surface area contributed by atoms with E-state index in [4.69, 9.17) is 0 Å². The number of amides is 1. The van der Waals surface area contributed by atoms with Crippen molar-refractivity contribution in [1.82, 2.24) is 10.2 Å². The average molecular weight is 226 g/mol. The molecule has 1 amide bonds. The van der Waals surface area contributed by atoms with Crippen molar-refractivity contribution in [2.45, 2.75) is 63.3 Å². The van der Waals surface area contributed by atoms with Gasteiger partial charge in [-0.15, -0.1) is 0 Å². The van der Waals surface area contributed by atoms with E-state index in [2.05, 4.69) is 5.32 Å². The smallest absolute Gasteiger partial charge is 0.242 e. The summed E-state index contributed by atoms with van der Waals surface area (Å²) in [4.78, 5) is 14.4. The third-order valence-electron chi connectivity index (χ3n) is 4.10. The van der Waals surface area contributed by atoms with E-state index in [1.54, 1.807) is 0 Å². The van der Waals surface area contributed by atoms with Gasteiger partial charge in [-0.3, -0.25) is 4.79 Å². The molecular weight excluding hydrogens is 204 g/mol. The number of hydrogen-bond donors (Lipinski definition) is 2. The average Bonchev–Trinajstić information content (AvgIpc) is 2.50. The van der Waals surface area contributed by atoms with Crippen LogP contribution in [-0.4, -0.2) is 46.7 Å². The van der Waals surface area contributed by atoms with Crippen molar-refractivity contribution < 1.29 is 9.90 Å². The molecule has 0 saturated carbocycles. The number of carbonyl (C=O) groups is 1. The Hall–Kier alpha value is -0.610. The highest BCUT2D eigenvalue weighted by Crippen LogP contribution is 2.37. The van der Waals surface area contributed by atoms with Crippen molar-refractivity contribution in [3.63, 3.8) is 0 Å². The van der Waals surface area contributed by atoms with Gasteiger partial charge in [0, 0.05) is 12.1 Å². The fraction of sp³-hybridized carbons (Fsp3) is 0.917. The molecule has 0 spiro atoms. The minimum absolute atomic E-state index is 0.175. The van der Waals surface area contributed by atoms with Crippen LogP contribution in [0.25, 0.3) is 0 Å². The third-order valence-corrected chi connectivity index (χ3v) is 4.10. The summed E-state index contributed by atoms with van der Waals surface area (Å²) in [5, 5.41) is 12.8. The summed E-state index contributed by atoms with van der Waals surface area (Å²) in [5.41, 5.74) is -0.497. The van der Waals surface area contributed by atoms with E-state index in [-0.39, 0.29) is 24.1 Å². The maximum Gasteiger partial charge on any atom is 0.242 e. The zero-order chi connectivity index (χ0) is 11.9. The van der Waals surface area contributed by atoms with Crippen molar-refractivity contribution >= 4 is 5.91 Å². The van der Waals surface area contributed by atoms with Crippen LogP contribution in [0.3, 0.4) is 0 Å². The summed E-state index contributed by atoms with van der Waals surface area (Å²) in [5.74, 6) is 0.175. The molecule has 2 aliphatic rings. The summed E-state index contributed by atoms with van der Waals surface area (Å²) in [6.45, 7) is 3.83. The van der Waals surface area contributed by atoms with Crippen LogP contribution in [0.15, 0.2) is 0 Å². The van der Waals surface area contributed by atoms with Gasteiger partial charge in [0.2, 0.25) is 5.91 Å². The fourth-order valence-corrected chi connectivity index (χ4v) is 2.91. The fourth-order valence-electron chi connectivity index (χ4n) is 2.91. The largest absolute Gasteiger partial charge is 0.393 e. The Morgan fingerprint density at radius 2 is 1.81 bits per heavy atom. The number of aliphatic hydroxyl groups excluding tert-OH is 1. The first-order valence-corrected chi connectivity index (χ1v) is 6.15. The maximum atomic E-state index is 12.4. The molecule has 4 heteroatoms. The molecule has 2 fully saturated rings. The number of likely N-dealkylation sites (N-methyl/N-ethyl adjacent to an activating group) is 1. The summed E-state index contributed by atoms with van der Waals surface area (Å²) in [7, 11) is 1.82.